The summed E-state index contributed by atoms with van der Waals surface area (Å²) in [5, 5.41) is 0. The van der Waals surface area contributed by atoms with Crippen LogP contribution in [0.25, 0.3) is 0 Å². The van der Waals surface area contributed by atoms with Gasteiger partial charge in [-0.3, -0.25) is 19.1 Å². The van der Waals surface area contributed by atoms with E-state index in [4.69, 9.17) is 9.47 Å². The normalized spacial score (nSPS) is 25.4. The van der Waals surface area contributed by atoms with Gasteiger partial charge < -0.3 is 9.47 Å². The summed E-state index contributed by atoms with van der Waals surface area (Å²) in [4.78, 5) is 36.2. The van der Waals surface area contributed by atoms with E-state index < -0.39 is 35.7 Å². The van der Waals surface area contributed by atoms with Gasteiger partial charge in [-0.1, -0.05) is 0 Å². The van der Waals surface area contributed by atoms with Crippen LogP contribution in [-0.2, 0) is 14.3 Å². The maximum atomic E-state index is 11.8. The molecule has 0 spiro atoms. The highest BCUT2D eigenvalue weighted by atomic mass is 16.6. The molecule has 0 aliphatic carbocycles. The SMILES string of the molecule is CC(=O)O[C@@H]1C=C[C@@H](n2cc(C)c(=O)[nH]c2=O)O[C@H]1C. The minimum atomic E-state index is -0.639. The Bertz CT molecular complexity index is 657. The number of hydrogen-bond donors (Lipinski definition) is 1. The number of aromatic nitrogens is 2. The molecule has 2 heterocycles. The smallest absolute Gasteiger partial charge is 0.330 e. The third-order valence-electron chi connectivity index (χ3n) is 3.00. The molecule has 0 saturated heterocycles. The molecule has 7 heteroatoms. The van der Waals surface area contributed by atoms with E-state index >= 15 is 0 Å². The van der Waals surface area contributed by atoms with Crippen LogP contribution >= 0.6 is 0 Å². The largest absolute Gasteiger partial charge is 0.456 e. The van der Waals surface area contributed by atoms with Crippen LogP contribution < -0.4 is 11.2 Å². The van der Waals surface area contributed by atoms with Gasteiger partial charge in [0.25, 0.3) is 5.56 Å². The number of nitrogens with one attached hydrogen (secondary N) is 1. The number of carbonyl (C=O) groups is 1. The van der Waals surface area contributed by atoms with E-state index in [2.05, 4.69) is 4.98 Å². The first-order valence-electron chi connectivity index (χ1n) is 6.21. The summed E-state index contributed by atoms with van der Waals surface area (Å²) in [6.07, 6.45) is 3.21. The molecule has 1 aliphatic rings. The molecule has 0 fully saturated rings. The fourth-order valence-corrected chi connectivity index (χ4v) is 1.96. The van der Waals surface area contributed by atoms with Crippen molar-refractivity contribution in [2.75, 3.05) is 0 Å². The second-order valence-corrected chi connectivity index (χ2v) is 4.67. The molecule has 1 aromatic heterocycles. The number of H-pyrrole nitrogens is 1. The summed E-state index contributed by atoms with van der Waals surface area (Å²) < 4.78 is 12.0. The van der Waals surface area contributed by atoms with Crippen molar-refractivity contribution in [2.24, 2.45) is 0 Å². The number of rotatable bonds is 2. The Morgan fingerprint density at radius 2 is 2.10 bits per heavy atom. The van der Waals surface area contributed by atoms with Crippen molar-refractivity contribution in [3.05, 3.63) is 44.8 Å². The molecule has 1 N–H and O–H groups in total. The van der Waals surface area contributed by atoms with Crippen LogP contribution in [0, 0.1) is 6.92 Å². The third-order valence-corrected chi connectivity index (χ3v) is 3.00. The monoisotopic (exact) mass is 280 g/mol. The van der Waals surface area contributed by atoms with E-state index in [1.54, 1.807) is 26.0 Å². The summed E-state index contributed by atoms with van der Waals surface area (Å²) in [6, 6.07) is 0. The van der Waals surface area contributed by atoms with Gasteiger partial charge in [0.15, 0.2) is 6.23 Å². The van der Waals surface area contributed by atoms with Crippen LogP contribution in [0.4, 0.5) is 0 Å². The summed E-state index contributed by atoms with van der Waals surface area (Å²) in [7, 11) is 0. The van der Waals surface area contributed by atoms with E-state index in [0.29, 0.717) is 5.56 Å². The summed E-state index contributed by atoms with van der Waals surface area (Å²) in [5.74, 6) is -0.398. The molecule has 108 valence electrons. The van der Waals surface area contributed by atoms with Gasteiger partial charge in [0.1, 0.15) is 6.10 Å². The first-order valence-corrected chi connectivity index (χ1v) is 6.21. The average Bonchev–Trinajstić information content (AvgIpc) is 2.36. The zero-order chi connectivity index (χ0) is 14.9. The first-order chi connectivity index (χ1) is 9.38. The quantitative estimate of drug-likeness (QED) is 0.619. The number of nitrogens with zero attached hydrogens (tertiary/aromatic N) is 1. The van der Waals surface area contributed by atoms with Crippen molar-refractivity contribution < 1.29 is 14.3 Å². The number of ether oxygens (including phenoxy) is 2. The van der Waals surface area contributed by atoms with Gasteiger partial charge in [-0.15, -0.1) is 0 Å². The van der Waals surface area contributed by atoms with Crippen molar-refractivity contribution in [3.8, 4) is 0 Å². The molecule has 0 saturated carbocycles. The van der Waals surface area contributed by atoms with Crippen LogP contribution in [-0.4, -0.2) is 27.7 Å². The van der Waals surface area contributed by atoms with E-state index in [1.807, 2.05) is 0 Å². The fraction of sp³-hybridized carbons (Fsp3) is 0.462. The molecule has 0 amide bonds. The van der Waals surface area contributed by atoms with Crippen molar-refractivity contribution in [2.45, 2.75) is 39.2 Å². The second kappa shape index (κ2) is 5.46. The van der Waals surface area contributed by atoms with Crippen molar-refractivity contribution in [1.29, 1.82) is 0 Å². The molecule has 0 unspecified atom stereocenters. The lowest BCUT2D eigenvalue weighted by molar-refractivity contribution is -0.155. The van der Waals surface area contributed by atoms with Crippen molar-refractivity contribution in [1.82, 2.24) is 9.55 Å². The zero-order valence-electron chi connectivity index (χ0n) is 11.5. The lowest BCUT2D eigenvalue weighted by atomic mass is 10.1. The maximum Gasteiger partial charge on any atom is 0.330 e. The van der Waals surface area contributed by atoms with Gasteiger partial charge in [-0.25, -0.2) is 4.79 Å². The summed E-state index contributed by atoms with van der Waals surface area (Å²) >= 11 is 0. The van der Waals surface area contributed by atoms with E-state index in [1.165, 1.54) is 17.7 Å². The molecule has 0 aromatic carbocycles. The zero-order valence-corrected chi connectivity index (χ0v) is 11.5. The third kappa shape index (κ3) is 2.88. The van der Waals surface area contributed by atoms with Crippen LogP contribution in [0.15, 0.2) is 27.9 Å². The standard InChI is InChI=1S/C13H16N2O5/c1-7-6-15(13(18)14-12(7)17)11-5-4-10(8(2)19-11)20-9(3)16/h4-6,8,10-11H,1-3H3,(H,14,17,18)/t8-,10+,11-/m0/s1. The molecule has 20 heavy (non-hydrogen) atoms. The molecule has 1 aliphatic heterocycles. The predicted molar refractivity (Wildman–Crippen MR) is 70.3 cm³/mol. The number of aryl methyl sites for hydroxylation is 1. The number of carbonyl (C=O) groups excluding carboxylic acids is 1. The van der Waals surface area contributed by atoms with Gasteiger partial charge in [0.05, 0.1) is 6.10 Å². The maximum absolute atomic E-state index is 11.8. The molecule has 3 atom stereocenters. The van der Waals surface area contributed by atoms with E-state index in [0.717, 1.165) is 0 Å². The molecule has 0 bridgehead atoms. The van der Waals surface area contributed by atoms with Gasteiger partial charge in [0, 0.05) is 18.7 Å². The Hall–Kier alpha value is -2.15. The fourth-order valence-electron chi connectivity index (χ4n) is 1.96. The second-order valence-electron chi connectivity index (χ2n) is 4.67. The highest BCUT2D eigenvalue weighted by Gasteiger charge is 2.27. The predicted octanol–water partition coefficient (Wildman–Crippen LogP) is 0.250. The van der Waals surface area contributed by atoms with Crippen LogP contribution in [0.1, 0.15) is 25.6 Å². The van der Waals surface area contributed by atoms with Crippen molar-refractivity contribution >= 4 is 5.97 Å². The first kappa shape index (κ1) is 14.3. The molecule has 2 rings (SSSR count). The molecular formula is C13H16N2O5. The Labute approximate surface area is 114 Å². The van der Waals surface area contributed by atoms with Gasteiger partial charge in [-0.2, -0.15) is 0 Å². The molecule has 7 nitrogen and oxygen atoms in total. The number of aromatic amines is 1. The lowest BCUT2D eigenvalue weighted by Gasteiger charge is -2.30. The number of hydrogen-bond acceptors (Lipinski definition) is 5. The lowest BCUT2D eigenvalue weighted by Crippen LogP contribution is -2.39. The average molecular weight is 280 g/mol. The van der Waals surface area contributed by atoms with E-state index in [-0.39, 0.29) is 0 Å². The topological polar surface area (TPSA) is 90.4 Å². The molecule has 0 radical (unpaired) electrons. The minimum absolute atomic E-state index is 0.395. The Morgan fingerprint density at radius 3 is 2.70 bits per heavy atom. The van der Waals surface area contributed by atoms with Gasteiger partial charge >= 0.3 is 11.7 Å². The molecular weight excluding hydrogens is 264 g/mol. The Balaban J connectivity index is 2.29. The van der Waals surface area contributed by atoms with Gasteiger partial charge in [0.2, 0.25) is 0 Å². The van der Waals surface area contributed by atoms with E-state index in [9.17, 15) is 14.4 Å². The Morgan fingerprint density at radius 1 is 1.40 bits per heavy atom. The summed E-state index contributed by atoms with van der Waals surface area (Å²) in [6.45, 7) is 4.67. The van der Waals surface area contributed by atoms with Crippen molar-refractivity contribution in [3.63, 3.8) is 0 Å². The number of esters is 1. The van der Waals surface area contributed by atoms with Crippen LogP contribution in [0.3, 0.4) is 0 Å². The molecule has 1 aromatic rings. The summed E-state index contributed by atoms with van der Waals surface area (Å²) in [5.41, 5.74) is -0.554. The highest BCUT2D eigenvalue weighted by Crippen LogP contribution is 2.21. The highest BCUT2D eigenvalue weighted by molar-refractivity contribution is 5.66. The van der Waals surface area contributed by atoms with Crippen LogP contribution in [0.2, 0.25) is 0 Å². The Kier molecular flexibility index (Phi) is 3.89. The van der Waals surface area contributed by atoms with Crippen LogP contribution in [0.5, 0.6) is 0 Å². The van der Waals surface area contributed by atoms with Gasteiger partial charge in [-0.05, 0) is 26.0 Å². The minimum Gasteiger partial charge on any atom is -0.456 e.